The summed E-state index contributed by atoms with van der Waals surface area (Å²) >= 11 is 0. The van der Waals surface area contributed by atoms with Gasteiger partial charge in [-0.2, -0.15) is 0 Å². The summed E-state index contributed by atoms with van der Waals surface area (Å²) in [5, 5.41) is 6.81. The van der Waals surface area contributed by atoms with E-state index >= 15 is 0 Å². The molecule has 1 aliphatic rings. The molecule has 0 aromatic heterocycles. The maximum atomic E-state index is 11.9. The number of methoxy groups -OCH3 is 1. The third-order valence-electron chi connectivity index (χ3n) is 5.31. The quantitative estimate of drug-likeness (QED) is 0.188. The predicted octanol–water partition coefficient (Wildman–Crippen LogP) is 2.69. The molecule has 0 spiro atoms. The number of halogens is 1. The molecule has 0 heterocycles. The number of aliphatic imine (C=N–C) groups is 1. The highest BCUT2D eigenvalue weighted by molar-refractivity contribution is 14.0. The normalized spacial score (nSPS) is 14.5. The van der Waals surface area contributed by atoms with E-state index in [1.54, 1.807) is 26.1 Å². The fourth-order valence-electron chi connectivity index (χ4n) is 2.98. The molecule has 0 saturated heterocycles. The molecule has 0 bridgehead atoms. The molecule has 0 aliphatic heterocycles. The molecule has 170 valence electrons. The van der Waals surface area contributed by atoms with Crippen LogP contribution >= 0.6 is 24.0 Å². The Morgan fingerprint density at radius 3 is 2.47 bits per heavy atom. The van der Waals surface area contributed by atoms with E-state index in [1.807, 2.05) is 19.1 Å². The Kier molecular flexibility index (Phi) is 12.1. The highest BCUT2D eigenvalue weighted by Crippen LogP contribution is 2.48. The van der Waals surface area contributed by atoms with E-state index < -0.39 is 0 Å². The van der Waals surface area contributed by atoms with Crippen LogP contribution in [0.3, 0.4) is 0 Å². The smallest absolute Gasteiger partial charge is 0.243 e. The Morgan fingerprint density at radius 2 is 1.90 bits per heavy atom. The Morgan fingerprint density at radius 1 is 1.20 bits per heavy atom. The summed E-state index contributed by atoms with van der Waals surface area (Å²) in [6.45, 7) is 5.31. The van der Waals surface area contributed by atoms with Crippen molar-refractivity contribution in [2.75, 3.05) is 54.1 Å². The molecule has 0 unspecified atom stereocenters. The van der Waals surface area contributed by atoms with Crippen LogP contribution < -0.4 is 15.4 Å². The van der Waals surface area contributed by atoms with Gasteiger partial charge in [0, 0.05) is 40.4 Å². The summed E-state index contributed by atoms with van der Waals surface area (Å²) < 4.78 is 10.7. The van der Waals surface area contributed by atoms with E-state index in [0.29, 0.717) is 11.4 Å². The number of guanidine groups is 1. The number of likely N-dealkylation sites (N-methyl/N-ethyl adjacent to an activating group) is 1. The van der Waals surface area contributed by atoms with Crippen LogP contribution in [0.5, 0.6) is 5.75 Å². The molecule has 2 N–H and O–H groups in total. The number of hydrogen-bond acceptors (Lipinski definition) is 4. The molecular formula is C22H37IN4O3. The van der Waals surface area contributed by atoms with Crippen molar-refractivity contribution in [1.29, 1.82) is 0 Å². The number of nitrogens with zero attached hydrogens (tertiary/aromatic N) is 2. The van der Waals surface area contributed by atoms with Gasteiger partial charge in [0.15, 0.2) is 5.96 Å². The summed E-state index contributed by atoms with van der Waals surface area (Å²) in [6.07, 6.45) is 4.34. The number of carbonyl (C=O) groups is 1. The van der Waals surface area contributed by atoms with Gasteiger partial charge in [-0.25, -0.2) is 4.99 Å². The molecule has 1 fully saturated rings. The summed E-state index contributed by atoms with van der Waals surface area (Å²) in [4.78, 5) is 18.0. The molecule has 30 heavy (non-hydrogen) atoms. The van der Waals surface area contributed by atoms with Gasteiger partial charge < -0.3 is 25.0 Å². The van der Waals surface area contributed by atoms with E-state index in [9.17, 15) is 4.79 Å². The molecule has 1 amide bonds. The summed E-state index contributed by atoms with van der Waals surface area (Å²) in [7, 11) is 5.16. The first kappa shape index (κ1) is 26.5. The van der Waals surface area contributed by atoms with Gasteiger partial charge >= 0.3 is 0 Å². The van der Waals surface area contributed by atoms with Crippen LogP contribution in [0.4, 0.5) is 0 Å². The first-order valence-electron chi connectivity index (χ1n) is 10.4. The largest absolute Gasteiger partial charge is 0.497 e. The molecule has 1 aromatic rings. The number of benzene rings is 1. The summed E-state index contributed by atoms with van der Waals surface area (Å²) in [5.41, 5.74) is 1.52. The summed E-state index contributed by atoms with van der Waals surface area (Å²) in [5.74, 6) is 1.53. The Balaban J connectivity index is 0.00000450. The Labute approximate surface area is 198 Å². The van der Waals surface area contributed by atoms with Gasteiger partial charge in [0.05, 0.1) is 7.11 Å². The van der Waals surface area contributed by atoms with Crippen molar-refractivity contribution in [3.05, 3.63) is 29.8 Å². The van der Waals surface area contributed by atoms with Crippen molar-refractivity contribution in [1.82, 2.24) is 15.5 Å². The van der Waals surface area contributed by atoms with Gasteiger partial charge in [-0.15, -0.1) is 24.0 Å². The second-order valence-electron chi connectivity index (χ2n) is 7.78. The zero-order valence-electron chi connectivity index (χ0n) is 18.7. The van der Waals surface area contributed by atoms with Crippen molar-refractivity contribution < 1.29 is 14.3 Å². The van der Waals surface area contributed by atoms with Gasteiger partial charge in [0.1, 0.15) is 12.3 Å². The van der Waals surface area contributed by atoms with Gasteiger partial charge in [-0.3, -0.25) is 4.79 Å². The number of carbonyl (C=O) groups excluding carboxylic acids is 1. The first-order chi connectivity index (χ1) is 14.0. The number of amides is 1. The van der Waals surface area contributed by atoms with Crippen molar-refractivity contribution in [2.45, 2.75) is 32.6 Å². The first-order valence-corrected chi connectivity index (χ1v) is 10.4. The second-order valence-corrected chi connectivity index (χ2v) is 7.78. The molecule has 1 aliphatic carbocycles. The average molecular weight is 532 g/mol. The third kappa shape index (κ3) is 9.51. The third-order valence-corrected chi connectivity index (χ3v) is 5.31. The zero-order chi connectivity index (χ0) is 21.1. The Hall–Kier alpha value is -1.55. The molecule has 2 rings (SSSR count). The molecule has 0 radical (unpaired) electrons. The van der Waals surface area contributed by atoms with Crippen LogP contribution in [0.15, 0.2) is 29.3 Å². The van der Waals surface area contributed by atoms with Crippen molar-refractivity contribution in [3.8, 4) is 5.75 Å². The van der Waals surface area contributed by atoms with E-state index in [0.717, 1.165) is 44.9 Å². The monoisotopic (exact) mass is 532 g/mol. The van der Waals surface area contributed by atoms with Crippen molar-refractivity contribution in [3.63, 3.8) is 0 Å². The SMILES string of the molecule is CCOCCC1(CNC(=NCC(=O)N(C)C)NCCc2ccc(OC)cc2)CC1.I. The van der Waals surface area contributed by atoms with Crippen LogP contribution in [-0.2, 0) is 16.0 Å². The molecular weight excluding hydrogens is 495 g/mol. The van der Waals surface area contributed by atoms with Crippen LogP contribution in [0.25, 0.3) is 0 Å². The maximum Gasteiger partial charge on any atom is 0.243 e. The van der Waals surface area contributed by atoms with Crippen LogP contribution in [0, 0.1) is 5.41 Å². The molecule has 0 atom stereocenters. The topological polar surface area (TPSA) is 75.2 Å². The van der Waals surface area contributed by atoms with Crippen molar-refractivity contribution in [2.24, 2.45) is 10.4 Å². The molecule has 1 aromatic carbocycles. The standard InChI is InChI=1S/C22H36N4O3.HI/c1-5-29-15-13-22(11-12-22)17-25-21(24-16-20(27)26(2)3)23-14-10-18-6-8-19(28-4)9-7-18;/h6-9H,5,10-17H2,1-4H3,(H2,23,24,25);1H. The fraction of sp³-hybridized carbons (Fsp3) is 0.636. The van der Waals surface area contributed by atoms with E-state index in [4.69, 9.17) is 9.47 Å². The van der Waals surface area contributed by atoms with Crippen LogP contribution in [0.2, 0.25) is 0 Å². The number of ether oxygens (including phenoxy) is 2. The minimum Gasteiger partial charge on any atom is -0.497 e. The van der Waals surface area contributed by atoms with E-state index in [2.05, 4.69) is 27.8 Å². The average Bonchev–Trinajstić information content (AvgIpc) is 3.50. The fourth-order valence-corrected chi connectivity index (χ4v) is 2.98. The summed E-state index contributed by atoms with van der Waals surface area (Å²) in [6, 6.07) is 8.06. The predicted molar refractivity (Wildman–Crippen MR) is 132 cm³/mol. The minimum atomic E-state index is -0.0151. The zero-order valence-corrected chi connectivity index (χ0v) is 21.0. The lowest BCUT2D eigenvalue weighted by atomic mass is 10.0. The number of nitrogens with one attached hydrogen (secondary N) is 2. The van der Waals surface area contributed by atoms with Crippen molar-refractivity contribution >= 4 is 35.8 Å². The van der Waals surface area contributed by atoms with Crippen LogP contribution in [0.1, 0.15) is 31.7 Å². The minimum absolute atomic E-state index is 0. The Bertz CT molecular complexity index is 661. The molecule has 1 saturated carbocycles. The van der Waals surface area contributed by atoms with E-state index in [1.165, 1.54) is 18.4 Å². The maximum absolute atomic E-state index is 11.9. The van der Waals surface area contributed by atoms with Gasteiger partial charge in [-0.1, -0.05) is 12.1 Å². The van der Waals surface area contributed by atoms with Gasteiger partial charge in [-0.05, 0) is 55.7 Å². The van der Waals surface area contributed by atoms with E-state index in [-0.39, 0.29) is 36.4 Å². The molecule has 7 nitrogen and oxygen atoms in total. The van der Waals surface area contributed by atoms with Gasteiger partial charge in [0.2, 0.25) is 5.91 Å². The number of hydrogen-bond donors (Lipinski definition) is 2. The number of rotatable bonds is 12. The highest BCUT2D eigenvalue weighted by Gasteiger charge is 2.41. The highest BCUT2D eigenvalue weighted by atomic mass is 127. The van der Waals surface area contributed by atoms with Crippen LogP contribution in [-0.4, -0.2) is 70.8 Å². The lowest BCUT2D eigenvalue weighted by molar-refractivity contribution is -0.127. The lowest BCUT2D eigenvalue weighted by Gasteiger charge is -2.19. The molecule has 8 heteroatoms. The second kappa shape index (κ2) is 13.7. The lowest BCUT2D eigenvalue weighted by Crippen LogP contribution is -2.42. The van der Waals surface area contributed by atoms with Gasteiger partial charge in [0.25, 0.3) is 0 Å².